The Bertz CT molecular complexity index is 679. The topological polar surface area (TPSA) is 20.3 Å². The Morgan fingerprint density at radius 1 is 1.14 bits per heavy atom. The molecular formula is C17H15F2NO. The van der Waals surface area contributed by atoms with Gasteiger partial charge in [-0.1, -0.05) is 24.3 Å². The van der Waals surface area contributed by atoms with Gasteiger partial charge in [0.25, 0.3) is 5.91 Å². The van der Waals surface area contributed by atoms with Crippen molar-refractivity contribution in [3.8, 4) is 0 Å². The molecule has 1 amide bonds. The average Bonchev–Trinajstić information content (AvgIpc) is 2.88. The van der Waals surface area contributed by atoms with Gasteiger partial charge < -0.3 is 4.90 Å². The van der Waals surface area contributed by atoms with Gasteiger partial charge in [0.2, 0.25) is 0 Å². The molecule has 0 saturated carbocycles. The molecule has 2 aromatic rings. The number of amides is 1. The van der Waals surface area contributed by atoms with Crippen molar-refractivity contribution >= 4 is 5.91 Å². The molecule has 0 N–H and O–H groups in total. The highest BCUT2D eigenvalue weighted by molar-refractivity contribution is 5.94. The van der Waals surface area contributed by atoms with Crippen LogP contribution in [0, 0.1) is 11.6 Å². The van der Waals surface area contributed by atoms with E-state index in [-0.39, 0.29) is 17.5 Å². The van der Waals surface area contributed by atoms with Crippen LogP contribution in [0.2, 0.25) is 0 Å². The predicted octanol–water partition coefficient (Wildman–Crippen LogP) is 3.72. The number of hydrogen-bond donors (Lipinski definition) is 0. The van der Waals surface area contributed by atoms with Crippen LogP contribution < -0.4 is 0 Å². The SMILES string of the molecule is CN(C(=O)c1cc(F)cc(F)c1)C1CCc2ccccc21. The third-order valence-electron chi connectivity index (χ3n) is 4.00. The Labute approximate surface area is 122 Å². The quantitative estimate of drug-likeness (QED) is 0.824. The smallest absolute Gasteiger partial charge is 0.254 e. The summed E-state index contributed by atoms with van der Waals surface area (Å²) in [4.78, 5) is 14.0. The van der Waals surface area contributed by atoms with Crippen molar-refractivity contribution in [2.24, 2.45) is 0 Å². The summed E-state index contributed by atoms with van der Waals surface area (Å²) >= 11 is 0. The number of fused-ring (bicyclic) bond motifs is 1. The Morgan fingerprint density at radius 3 is 2.52 bits per heavy atom. The molecule has 0 aliphatic heterocycles. The van der Waals surface area contributed by atoms with Crippen LogP contribution >= 0.6 is 0 Å². The van der Waals surface area contributed by atoms with Crippen LogP contribution in [-0.4, -0.2) is 17.9 Å². The first-order valence-electron chi connectivity index (χ1n) is 6.87. The van der Waals surface area contributed by atoms with Crippen LogP contribution in [0.3, 0.4) is 0 Å². The van der Waals surface area contributed by atoms with Crippen molar-refractivity contribution in [2.45, 2.75) is 18.9 Å². The molecule has 21 heavy (non-hydrogen) atoms. The van der Waals surface area contributed by atoms with E-state index in [1.807, 2.05) is 18.2 Å². The summed E-state index contributed by atoms with van der Waals surface area (Å²) in [5.74, 6) is -1.84. The first kappa shape index (κ1) is 13.7. The Balaban J connectivity index is 1.89. The fourth-order valence-corrected chi connectivity index (χ4v) is 2.96. The van der Waals surface area contributed by atoms with E-state index < -0.39 is 11.6 Å². The number of nitrogens with zero attached hydrogens (tertiary/aromatic N) is 1. The summed E-state index contributed by atoms with van der Waals surface area (Å²) in [6.07, 6.45) is 1.75. The number of carbonyl (C=O) groups excluding carboxylic acids is 1. The van der Waals surface area contributed by atoms with Crippen molar-refractivity contribution in [1.29, 1.82) is 0 Å². The van der Waals surface area contributed by atoms with E-state index in [9.17, 15) is 13.6 Å². The molecule has 108 valence electrons. The fourth-order valence-electron chi connectivity index (χ4n) is 2.96. The monoisotopic (exact) mass is 287 g/mol. The van der Waals surface area contributed by atoms with E-state index in [4.69, 9.17) is 0 Å². The maximum Gasteiger partial charge on any atom is 0.254 e. The Hall–Kier alpha value is -2.23. The minimum atomic E-state index is -0.737. The predicted molar refractivity (Wildman–Crippen MR) is 76.0 cm³/mol. The molecule has 2 aromatic carbocycles. The summed E-state index contributed by atoms with van der Waals surface area (Å²) in [6, 6.07) is 10.8. The molecule has 0 heterocycles. The number of hydrogen-bond acceptors (Lipinski definition) is 1. The second kappa shape index (κ2) is 5.28. The van der Waals surface area contributed by atoms with Gasteiger partial charge in [-0.3, -0.25) is 4.79 Å². The summed E-state index contributed by atoms with van der Waals surface area (Å²) in [5.41, 5.74) is 2.39. The normalized spacial score (nSPS) is 16.6. The zero-order chi connectivity index (χ0) is 15.0. The van der Waals surface area contributed by atoms with Gasteiger partial charge in [-0.25, -0.2) is 8.78 Å². The first-order valence-corrected chi connectivity index (χ1v) is 6.87. The van der Waals surface area contributed by atoms with Crippen molar-refractivity contribution in [2.75, 3.05) is 7.05 Å². The van der Waals surface area contributed by atoms with E-state index in [2.05, 4.69) is 6.07 Å². The number of halogens is 2. The number of rotatable bonds is 2. The Morgan fingerprint density at radius 2 is 1.81 bits per heavy atom. The summed E-state index contributed by atoms with van der Waals surface area (Å²) in [5, 5.41) is 0. The van der Waals surface area contributed by atoms with Gasteiger partial charge >= 0.3 is 0 Å². The van der Waals surface area contributed by atoms with E-state index >= 15 is 0 Å². The van der Waals surface area contributed by atoms with Gasteiger partial charge in [-0.15, -0.1) is 0 Å². The number of benzene rings is 2. The van der Waals surface area contributed by atoms with Gasteiger partial charge in [0.1, 0.15) is 11.6 Å². The zero-order valence-electron chi connectivity index (χ0n) is 11.6. The summed E-state index contributed by atoms with van der Waals surface area (Å²) in [7, 11) is 1.68. The molecule has 1 atom stereocenters. The lowest BCUT2D eigenvalue weighted by molar-refractivity contribution is 0.0729. The van der Waals surface area contributed by atoms with Crippen LogP contribution in [0.5, 0.6) is 0 Å². The molecule has 0 spiro atoms. The highest BCUT2D eigenvalue weighted by Crippen LogP contribution is 2.35. The van der Waals surface area contributed by atoms with Gasteiger partial charge in [-0.05, 0) is 36.1 Å². The largest absolute Gasteiger partial charge is 0.335 e. The van der Waals surface area contributed by atoms with Gasteiger partial charge in [0, 0.05) is 18.7 Å². The van der Waals surface area contributed by atoms with E-state index in [1.54, 1.807) is 11.9 Å². The van der Waals surface area contributed by atoms with Gasteiger partial charge in [0.05, 0.1) is 6.04 Å². The molecule has 1 aliphatic rings. The lowest BCUT2D eigenvalue weighted by atomic mass is 10.1. The molecule has 3 rings (SSSR count). The van der Waals surface area contributed by atoms with Gasteiger partial charge in [0.15, 0.2) is 0 Å². The molecule has 0 radical (unpaired) electrons. The lowest BCUT2D eigenvalue weighted by Crippen LogP contribution is -2.30. The molecule has 1 unspecified atom stereocenters. The molecule has 1 aliphatic carbocycles. The van der Waals surface area contributed by atoms with Crippen LogP contribution in [0.4, 0.5) is 8.78 Å². The van der Waals surface area contributed by atoms with Crippen molar-refractivity contribution in [3.05, 3.63) is 70.8 Å². The molecule has 4 heteroatoms. The Kier molecular flexibility index (Phi) is 3.45. The minimum absolute atomic E-state index is 0.0411. The zero-order valence-corrected chi connectivity index (χ0v) is 11.6. The van der Waals surface area contributed by atoms with Crippen molar-refractivity contribution < 1.29 is 13.6 Å². The fraction of sp³-hybridized carbons (Fsp3) is 0.235. The second-order valence-electron chi connectivity index (χ2n) is 5.33. The third-order valence-corrected chi connectivity index (χ3v) is 4.00. The lowest BCUT2D eigenvalue weighted by Gasteiger charge is -2.25. The first-order chi connectivity index (χ1) is 10.1. The molecule has 0 fully saturated rings. The molecule has 0 aromatic heterocycles. The average molecular weight is 287 g/mol. The van der Waals surface area contributed by atoms with Crippen LogP contribution in [0.25, 0.3) is 0 Å². The number of aryl methyl sites for hydroxylation is 1. The van der Waals surface area contributed by atoms with Crippen LogP contribution in [-0.2, 0) is 6.42 Å². The number of carbonyl (C=O) groups is 1. The molecule has 2 nitrogen and oxygen atoms in total. The maximum atomic E-state index is 13.3. The molecule has 0 bridgehead atoms. The van der Waals surface area contributed by atoms with E-state index in [0.717, 1.165) is 36.6 Å². The standard InChI is InChI=1S/C17H15F2NO/c1-20(16-7-6-11-4-2-3-5-15(11)16)17(21)12-8-13(18)10-14(19)9-12/h2-5,8-10,16H,6-7H2,1H3. The summed E-state index contributed by atoms with van der Waals surface area (Å²) < 4.78 is 26.5. The maximum absolute atomic E-state index is 13.3. The molecule has 0 saturated heterocycles. The third kappa shape index (κ3) is 2.53. The highest BCUT2D eigenvalue weighted by atomic mass is 19.1. The van der Waals surface area contributed by atoms with Crippen LogP contribution in [0.15, 0.2) is 42.5 Å². The van der Waals surface area contributed by atoms with E-state index in [1.165, 1.54) is 5.56 Å². The van der Waals surface area contributed by atoms with Crippen molar-refractivity contribution in [3.63, 3.8) is 0 Å². The minimum Gasteiger partial charge on any atom is -0.335 e. The van der Waals surface area contributed by atoms with Gasteiger partial charge in [-0.2, -0.15) is 0 Å². The summed E-state index contributed by atoms with van der Waals surface area (Å²) in [6.45, 7) is 0. The van der Waals surface area contributed by atoms with Crippen LogP contribution in [0.1, 0.15) is 33.9 Å². The molecular weight excluding hydrogens is 272 g/mol. The highest BCUT2D eigenvalue weighted by Gasteiger charge is 2.29. The van der Waals surface area contributed by atoms with Crippen molar-refractivity contribution in [1.82, 2.24) is 4.90 Å². The second-order valence-corrected chi connectivity index (χ2v) is 5.33. The van der Waals surface area contributed by atoms with E-state index in [0.29, 0.717) is 0 Å².